The second-order valence-corrected chi connectivity index (χ2v) is 13.9. The maximum atomic E-state index is 14.6. The third kappa shape index (κ3) is 8.87. The highest BCUT2D eigenvalue weighted by molar-refractivity contribution is 7.92. The van der Waals surface area contributed by atoms with Gasteiger partial charge in [0.2, 0.25) is 11.8 Å². The molecule has 0 fully saturated rings. The quantitative estimate of drug-likeness (QED) is 0.168. The number of benzene rings is 4. The van der Waals surface area contributed by atoms with Crippen LogP contribution in [0.3, 0.4) is 0 Å². The molecule has 1 atom stereocenters. The largest absolute Gasteiger partial charge is 0.354 e. The van der Waals surface area contributed by atoms with E-state index in [2.05, 4.69) is 5.32 Å². The number of nitrogens with zero attached hydrogens (tertiary/aromatic N) is 2. The number of hydrogen-bond donors (Lipinski definition) is 1. The second-order valence-electron chi connectivity index (χ2n) is 11.2. The van der Waals surface area contributed by atoms with Crippen LogP contribution in [-0.2, 0) is 32.6 Å². The van der Waals surface area contributed by atoms with Gasteiger partial charge in [-0.1, -0.05) is 110 Å². The minimum absolute atomic E-state index is 0.0150. The normalized spacial score (nSPS) is 12.0. The minimum Gasteiger partial charge on any atom is -0.354 e. The summed E-state index contributed by atoms with van der Waals surface area (Å²) in [6, 6.07) is 28.3. The summed E-state index contributed by atoms with van der Waals surface area (Å²) in [5.74, 6) is -0.741. The molecule has 0 unspecified atom stereocenters. The molecular formula is C35H37Cl2N3O4S. The number of amides is 2. The smallest absolute Gasteiger partial charge is 0.264 e. The predicted octanol–water partition coefficient (Wildman–Crippen LogP) is 6.91. The zero-order valence-corrected chi connectivity index (χ0v) is 27.8. The maximum Gasteiger partial charge on any atom is 0.264 e. The Hall–Kier alpha value is -3.85. The molecule has 4 aromatic rings. The Kier molecular flexibility index (Phi) is 11.7. The molecule has 236 valence electrons. The average molecular weight is 667 g/mol. The number of nitrogens with one attached hydrogen (secondary N) is 1. The van der Waals surface area contributed by atoms with Gasteiger partial charge in [0, 0.05) is 29.6 Å². The Labute approximate surface area is 275 Å². The van der Waals surface area contributed by atoms with Crippen molar-refractivity contribution in [1.82, 2.24) is 10.2 Å². The first-order chi connectivity index (χ1) is 21.5. The van der Waals surface area contributed by atoms with Crippen LogP contribution in [0, 0.1) is 12.8 Å². The number of hydrogen-bond acceptors (Lipinski definition) is 4. The van der Waals surface area contributed by atoms with E-state index in [0.717, 1.165) is 9.87 Å². The summed E-state index contributed by atoms with van der Waals surface area (Å²) in [7, 11) is -4.23. The zero-order valence-electron chi connectivity index (χ0n) is 25.5. The molecule has 0 aromatic heterocycles. The van der Waals surface area contributed by atoms with E-state index in [4.69, 9.17) is 23.2 Å². The van der Waals surface area contributed by atoms with E-state index < -0.39 is 28.5 Å². The van der Waals surface area contributed by atoms with Crippen molar-refractivity contribution in [1.29, 1.82) is 0 Å². The lowest BCUT2D eigenvalue weighted by Gasteiger charge is -2.34. The molecule has 0 spiro atoms. The highest BCUT2D eigenvalue weighted by Crippen LogP contribution is 2.30. The van der Waals surface area contributed by atoms with E-state index >= 15 is 0 Å². The van der Waals surface area contributed by atoms with E-state index in [1.165, 1.54) is 23.1 Å². The van der Waals surface area contributed by atoms with E-state index in [1.54, 1.807) is 61.5 Å². The van der Waals surface area contributed by atoms with Crippen LogP contribution in [0.1, 0.15) is 30.5 Å². The van der Waals surface area contributed by atoms with Gasteiger partial charge < -0.3 is 10.2 Å². The van der Waals surface area contributed by atoms with Crippen LogP contribution in [0.25, 0.3) is 0 Å². The summed E-state index contributed by atoms with van der Waals surface area (Å²) in [5.41, 5.74) is 2.35. The van der Waals surface area contributed by atoms with Crippen molar-refractivity contribution >= 4 is 50.7 Å². The highest BCUT2D eigenvalue weighted by atomic mass is 35.5. The average Bonchev–Trinajstić information content (AvgIpc) is 3.03. The first-order valence-electron chi connectivity index (χ1n) is 14.7. The lowest BCUT2D eigenvalue weighted by atomic mass is 10.0. The van der Waals surface area contributed by atoms with Gasteiger partial charge in [-0.05, 0) is 59.9 Å². The molecule has 0 saturated carbocycles. The van der Waals surface area contributed by atoms with Crippen molar-refractivity contribution in [2.75, 3.05) is 17.4 Å². The number of anilines is 1. The standard InChI is InChI=1S/C35H37Cl2N3O4S/c1-25(2)22-38-35(42)33(20-27-12-6-4-7-13-27)39(23-28-14-10-11-17-31(28)37)34(41)24-40(32-21-29(36)19-18-26(32)3)45(43,44)30-15-8-5-9-16-30/h4-19,21,25,33H,20,22-24H2,1-3H3,(H,38,42)/t33-/m0/s1. The lowest BCUT2D eigenvalue weighted by Crippen LogP contribution is -2.53. The van der Waals surface area contributed by atoms with Gasteiger partial charge in [0.05, 0.1) is 10.6 Å². The van der Waals surface area contributed by atoms with Gasteiger partial charge in [-0.2, -0.15) is 0 Å². The number of aryl methyl sites for hydroxylation is 1. The molecule has 2 amide bonds. The highest BCUT2D eigenvalue weighted by Gasteiger charge is 2.35. The minimum atomic E-state index is -4.23. The van der Waals surface area contributed by atoms with Gasteiger partial charge in [0.25, 0.3) is 10.0 Å². The van der Waals surface area contributed by atoms with Gasteiger partial charge in [-0.25, -0.2) is 8.42 Å². The fourth-order valence-electron chi connectivity index (χ4n) is 4.87. The molecule has 45 heavy (non-hydrogen) atoms. The first kappa shape index (κ1) is 34.0. The number of carbonyl (C=O) groups excluding carboxylic acids is 2. The van der Waals surface area contributed by atoms with Crippen molar-refractivity contribution in [3.8, 4) is 0 Å². The molecule has 0 aliphatic rings. The third-order valence-electron chi connectivity index (χ3n) is 7.30. The van der Waals surface area contributed by atoms with Gasteiger partial charge in [0.15, 0.2) is 0 Å². The Balaban J connectivity index is 1.83. The van der Waals surface area contributed by atoms with Crippen molar-refractivity contribution in [2.45, 2.75) is 44.7 Å². The van der Waals surface area contributed by atoms with Gasteiger partial charge in [0.1, 0.15) is 12.6 Å². The second kappa shape index (κ2) is 15.4. The predicted molar refractivity (Wildman–Crippen MR) is 181 cm³/mol. The lowest BCUT2D eigenvalue weighted by molar-refractivity contribution is -0.140. The molecule has 0 radical (unpaired) electrons. The van der Waals surface area contributed by atoms with Crippen molar-refractivity contribution in [2.24, 2.45) is 5.92 Å². The molecule has 0 heterocycles. The topological polar surface area (TPSA) is 86.8 Å². The Bertz CT molecular complexity index is 1720. The van der Waals surface area contributed by atoms with Crippen LogP contribution in [-0.4, -0.2) is 44.3 Å². The van der Waals surface area contributed by atoms with Crippen molar-refractivity contribution < 1.29 is 18.0 Å². The molecule has 0 aliphatic carbocycles. The Morgan fingerprint density at radius 3 is 2.11 bits per heavy atom. The van der Waals surface area contributed by atoms with Crippen LogP contribution in [0.2, 0.25) is 10.0 Å². The monoisotopic (exact) mass is 665 g/mol. The molecule has 4 aromatic carbocycles. The summed E-state index contributed by atoms with van der Waals surface area (Å²) in [6.45, 7) is 5.54. The first-order valence-corrected chi connectivity index (χ1v) is 16.9. The molecular weight excluding hydrogens is 629 g/mol. The molecule has 10 heteroatoms. The molecule has 4 rings (SSSR count). The number of rotatable bonds is 13. The van der Waals surface area contributed by atoms with Crippen molar-refractivity contribution in [3.05, 3.63) is 130 Å². The van der Waals surface area contributed by atoms with Crippen molar-refractivity contribution in [3.63, 3.8) is 0 Å². The molecule has 0 saturated heterocycles. The molecule has 0 aliphatic heterocycles. The van der Waals surface area contributed by atoms with Crippen LogP contribution in [0.15, 0.2) is 108 Å². The Morgan fingerprint density at radius 2 is 1.47 bits per heavy atom. The fraction of sp³-hybridized carbons (Fsp3) is 0.257. The van der Waals surface area contributed by atoms with E-state index in [9.17, 15) is 18.0 Å². The van der Waals surface area contributed by atoms with E-state index in [1.807, 2.05) is 44.2 Å². The van der Waals surface area contributed by atoms with Crippen LogP contribution in [0.4, 0.5) is 5.69 Å². The summed E-state index contributed by atoms with van der Waals surface area (Å²) in [6.07, 6.45) is 0.211. The van der Waals surface area contributed by atoms with Crippen LogP contribution >= 0.6 is 23.2 Å². The molecule has 7 nitrogen and oxygen atoms in total. The Morgan fingerprint density at radius 1 is 0.844 bits per heavy atom. The SMILES string of the molecule is Cc1ccc(Cl)cc1N(CC(=O)N(Cc1ccccc1Cl)[C@@H](Cc1ccccc1)C(=O)NCC(C)C)S(=O)(=O)c1ccccc1. The van der Waals surface area contributed by atoms with Crippen LogP contribution in [0.5, 0.6) is 0 Å². The number of halogens is 2. The molecule has 0 bridgehead atoms. The molecule has 1 N–H and O–H groups in total. The van der Waals surface area contributed by atoms with Gasteiger partial charge >= 0.3 is 0 Å². The van der Waals surface area contributed by atoms with Gasteiger partial charge in [-0.15, -0.1) is 0 Å². The summed E-state index contributed by atoms with van der Waals surface area (Å²) in [5, 5.41) is 3.73. The van der Waals surface area contributed by atoms with Gasteiger partial charge in [-0.3, -0.25) is 13.9 Å². The summed E-state index contributed by atoms with van der Waals surface area (Å²) < 4.78 is 29.4. The van der Waals surface area contributed by atoms with E-state index in [0.29, 0.717) is 27.7 Å². The van der Waals surface area contributed by atoms with Crippen LogP contribution < -0.4 is 9.62 Å². The summed E-state index contributed by atoms with van der Waals surface area (Å²) in [4.78, 5) is 29.9. The number of sulfonamides is 1. The number of carbonyl (C=O) groups is 2. The zero-order chi connectivity index (χ0) is 32.6. The maximum absolute atomic E-state index is 14.6. The van der Waals surface area contributed by atoms with E-state index in [-0.39, 0.29) is 35.4 Å². The summed E-state index contributed by atoms with van der Waals surface area (Å²) >= 11 is 12.9. The third-order valence-corrected chi connectivity index (χ3v) is 9.68. The fourth-order valence-corrected chi connectivity index (χ4v) is 6.72.